The summed E-state index contributed by atoms with van der Waals surface area (Å²) in [5.74, 6) is -2.23. The Hall–Kier alpha value is -1.65. The van der Waals surface area contributed by atoms with Gasteiger partial charge in [-0.15, -0.1) is 0 Å². The first-order chi connectivity index (χ1) is 9.76. The average Bonchev–Trinajstić information content (AvgIpc) is 2.40. The number of hydrogen-bond donors (Lipinski definition) is 2. The number of anilines is 1. The highest BCUT2D eigenvalue weighted by Crippen LogP contribution is 2.23. The number of rotatable bonds is 7. The van der Waals surface area contributed by atoms with Gasteiger partial charge in [-0.25, -0.2) is 8.78 Å². The molecule has 21 heavy (non-hydrogen) atoms. The zero-order valence-corrected chi connectivity index (χ0v) is 12.9. The summed E-state index contributed by atoms with van der Waals surface area (Å²) in [4.78, 5) is 12.0. The van der Waals surface area contributed by atoms with Crippen LogP contribution in [0.1, 0.15) is 56.8 Å². The lowest BCUT2D eigenvalue weighted by Crippen LogP contribution is -2.34. The Morgan fingerprint density at radius 1 is 1.29 bits per heavy atom. The van der Waals surface area contributed by atoms with Crippen molar-refractivity contribution in [2.24, 2.45) is 5.41 Å². The number of unbranched alkanes of at least 4 members (excludes halogenated alkanes) is 2. The average molecular weight is 298 g/mol. The van der Waals surface area contributed by atoms with Crippen LogP contribution >= 0.6 is 0 Å². The van der Waals surface area contributed by atoms with Crippen LogP contribution in [0.5, 0.6) is 0 Å². The molecule has 1 aromatic rings. The van der Waals surface area contributed by atoms with E-state index in [4.69, 9.17) is 5.73 Å². The Balaban J connectivity index is 2.66. The molecule has 3 N–H and O–H groups in total. The van der Waals surface area contributed by atoms with E-state index >= 15 is 0 Å². The molecule has 0 aliphatic rings. The summed E-state index contributed by atoms with van der Waals surface area (Å²) < 4.78 is 27.0. The number of halogens is 2. The quantitative estimate of drug-likeness (QED) is 0.593. The zero-order chi connectivity index (χ0) is 16.0. The van der Waals surface area contributed by atoms with Crippen LogP contribution in [0.2, 0.25) is 0 Å². The van der Waals surface area contributed by atoms with Crippen LogP contribution < -0.4 is 11.1 Å². The lowest BCUT2D eigenvalue weighted by Gasteiger charge is -2.25. The van der Waals surface area contributed by atoms with Crippen LogP contribution in [0, 0.1) is 17.0 Å². The minimum absolute atomic E-state index is 0.0832. The number of amides is 1. The third-order valence-electron chi connectivity index (χ3n) is 3.49. The van der Waals surface area contributed by atoms with Gasteiger partial charge in [0.15, 0.2) is 5.82 Å². The monoisotopic (exact) mass is 298 g/mol. The van der Waals surface area contributed by atoms with E-state index in [0.29, 0.717) is 6.54 Å². The molecule has 118 valence electrons. The molecule has 0 aliphatic carbocycles. The first-order valence-corrected chi connectivity index (χ1v) is 7.29. The zero-order valence-electron chi connectivity index (χ0n) is 12.9. The molecule has 0 bridgehead atoms. The van der Waals surface area contributed by atoms with Crippen molar-refractivity contribution in [2.45, 2.75) is 46.5 Å². The number of carbonyl (C=O) groups excluding carboxylic acids is 1. The van der Waals surface area contributed by atoms with Crippen molar-refractivity contribution in [3.05, 3.63) is 29.3 Å². The molecule has 0 aliphatic heterocycles. The molecular formula is C16H24F2N2O. The van der Waals surface area contributed by atoms with E-state index in [1.54, 1.807) is 0 Å². The van der Waals surface area contributed by atoms with Gasteiger partial charge in [0.1, 0.15) is 5.82 Å². The first kappa shape index (κ1) is 17.4. The fourth-order valence-electron chi connectivity index (χ4n) is 2.13. The molecule has 5 heteroatoms. The highest BCUT2D eigenvalue weighted by molar-refractivity contribution is 5.95. The van der Waals surface area contributed by atoms with Gasteiger partial charge in [-0.1, -0.05) is 40.0 Å². The topological polar surface area (TPSA) is 55.1 Å². The maximum Gasteiger partial charge on any atom is 0.254 e. The van der Waals surface area contributed by atoms with Crippen LogP contribution in [-0.4, -0.2) is 12.5 Å². The van der Waals surface area contributed by atoms with Gasteiger partial charge in [-0.05, 0) is 24.0 Å². The predicted octanol–water partition coefficient (Wildman–Crippen LogP) is 3.88. The predicted molar refractivity (Wildman–Crippen MR) is 81.0 cm³/mol. The van der Waals surface area contributed by atoms with Crippen LogP contribution in [0.25, 0.3) is 0 Å². The van der Waals surface area contributed by atoms with Crippen molar-refractivity contribution in [2.75, 3.05) is 12.3 Å². The standard InChI is InChI=1S/C16H24F2N2O/c1-4-5-6-7-16(2,3)10-20-15(21)12-8-11(17)9-13(19)14(12)18/h8-9H,4-7,10,19H2,1-3H3,(H,20,21). The van der Waals surface area contributed by atoms with Gasteiger partial charge in [0, 0.05) is 6.54 Å². The Morgan fingerprint density at radius 2 is 1.95 bits per heavy atom. The summed E-state index contributed by atoms with van der Waals surface area (Å²) >= 11 is 0. The molecule has 0 radical (unpaired) electrons. The Kier molecular flexibility index (Phi) is 6.12. The Bertz CT molecular complexity index is 501. The minimum atomic E-state index is -0.877. The van der Waals surface area contributed by atoms with E-state index in [9.17, 15) is 13.6 Å². The second-order valence-electron chi connectivity index (χ2n) is 6.16. The highest BCUT2D eigenvalue weighted by Gasteiger charge is 2.21. The molecule has 3 nitrogen and oxygen atoms in total. The number of hydrogen-bond acceptors (Lipinski definition) is 2. The van der Waals surface area contributed by atoms with Crippen molar-refractivity contribution in [3.63, 3.8) is 0 Å². The summed E-state index contributed by atoms with van der Waals surface area (Å²) in [7, 11) is 0. The fourth-order valence-corrected chi connectivity index (χ4v) is 2.13. The lowest BCUT2D eigenvalue weighted by molar-refractivity contribution is 0.0929. The molecule has 0 unspecified atom stereocenters. The number of nitrogen functional groups attached to an aromatic ring is 1. The largest absolute Gasteiger partial charge is 0.396 e. The molecule has 0 atom stereocenters. The number of carbonyl (C=O) groups is 1. The SMILES string of the molecule is CCCCCC(C)(C)CNC(=O)c1cc(F)cc(N)c1F. The van der Waals surface area contributed by atoms with Crippen molar-refractivity contribution in [3.8, 4) is 0 Å². The second-order valence-corrected chi connectivity index (χ2v) is 6.16. The molecule has 0 saturated carbocycles. The van der Waals surface area contributed by atoms with Crippen molar-refractivity contribution < 1.29 is 13.6 Å². The summed E-state index contributed by atoms with van der Waals surface area (Å²) in [6.45, 7) is 6.62. The maximum atomic E-state index is 13.7. The molecule has 0 aromatic heterocycles. The molecule has 0 heterocycles. The molecule has 1 aromatic carbocycles. The summed E-state index contributed by atoms with van der Waals surface area (Å²) in [6.07, 6.45) is 4.33. The van der Waals surface area contributed by atoms with E-state index in [-0.39, 0.29) is 16.7 Å². The fraction of sp³-hybridized carbons (Fsp3) is 0.562. The van der Waals surface area contributed by atoms with Crippen LogP contribution in [0.3, 0.4) is 0 Å². The van der Waals surface area contributed by atoms with E-state index in [0.717, 1.165) is 37.8 Å². The van der Waals surface area contributed by atoms with Crippen LogP contribution in [0.4, 0.5) is 14.5 Å². The van der Waals surface area contributed by atoms with Gasteiger partial charge in [-0.3, -0.25) is 4.79 Å². The van der Waals surface area contributed by atoms with Crippen molar-refractivity contribution >= 4 is 11.6 Å². The van der Waals surface area contributed by atoms with Crippen molar-refractivity contribution in [1.82, 2.24) is 5.32 Å². The smallest absolute Gasteiger partial charge is 0.254 e. The van der Waals surface area contributed by atoms with E-state index in [1.165, 1.54) is 0 Å². The van der Waals surface area contributed by atoms with Crippen LogP contribution in [-0.2, 0) is 0 Å². The van der Waals surface area contributed by atoms with E-state index in [2.05, 4.69) is 12.2 Å². The molecule has 1 amide bonds. The number of benzene rings is 1. The van der Waals surface area contributed by atoms with Gasteiger partial charge in [-0.2, -0.15) is 0 Å². The molecular weight excluding hydrogens is 274 g/mol. The number of nitrogens with two attached hydrogens (primary N) is 1. The second kappa shape index (κ2) is 7.38. The highest BCUT2D eigenvalue weighted by atomic mass is 19.1. The Morgan fingerprint density at radius 3 is 2.57 bits per heavy atom. The summed E-state index contributed by atoms with van der Waals surface area (Å²) in [5.41, 5.74) is 4.54. The molecule has 0 spiro atoms. The van der Waals surface area contributed by atoms with Gasteiger partial charge >= 0.3 is 0 Å². The van der Waals surface area contributed by atoms with Gasteiger partial charge < -0.3 is 11.1 Å². The maximum absolute atomic E-state index is 13.7. The third kappa shape index (κ3) is 5.33. The summed E-state index contributed by atoms with van der Waals surface area (Å²) in [6, 6.07) is 1.73. The Labute approximate surface area is 124 Å². The third-order valence-corrected chi connectivity index (χ3v) is 3.49. The molecule has 0 saturated heterocycles. The molecule has 1 rings (SSSR count). The van der Waals surface area contributed by atoms with Gasteiger partial charge in [0.05, 0.1) is 11.3 Å². The minimum Gasteiger partial charge on any atom is -0.396 e. The van der Waals surface area contributed by atoms with Gasteiger partial charge in [0.25, 0.3) is 5.91 Å². The van der Waals surface area contributed by atoms with E-state index in [1.807, 2.05) is 13.8 Å². The first-order valence-electron chi connectivity index (χ1n) is 7.29. The lowest BCUT2D eigenvalue weighted by atomic mass is 9.87. The van der Waals surface area contributed by atoms with E-state index < -0.39 is 17.5 Å². The summed E-state index contributed by atoms with van der Waals surface area (Å²) in [5, 5.41) is 2.66. The van der Waals surface area contributed by atoms with Gasteiger partial charge in [0.2, 0.25) is 0 Å². The normalized spacial score (nSPS) is 11.5. The molecule has 0 fully saturated rings. The van der Waals surface area contributed by atoms with Crippen molar-refractivity contribution in [1.29, 1.82) is 0 Å². The number of nitrogens with one attached hydrogen (secondary N) is 1. The van der Waals surface area contributed by atoms with Crippen LogP contribution in [0.15, 0.2) is 12.1 Å².